The topological polar surface area (TPSA) is 72.1 Å². The van der Waals surface area contributed by atoms with Crippen LogP contribution in [0.5, 0.6) is 0 Å². The standard InChI is InChI=1S/C17H22N4O2S/c1-11-14(24-10-18-11)16-20-19-15(23-16)13-8-5-9-21(13)17(22)12-6-3-2-4-7-12/h10,12-13H,2-9H2,1H3/t13-/m0/s1. The van der Waals surface area contributed by atoms with Gasteiger partial charge in [-0.3, -0.25) is 4.79 Å². The maximum atomic E-state index is 12.9. The first-order valence-electron chi connectivity index (χ1n) is 8.78. The second kappa shape index (κ2) is 6.63. The van der Waals surface area contributed by atoms with E-state index < -0.39 is 0 Å². The molecule has 0 aromatic carbocycles. The molecule has 1 aliphatic carbocycles. The zero-order valence-electron chi connectivity index (χ0n) is 13.9. The summed E-state index contributed by atoms with van der Waals surface area (Å²) in [4.78, 5) is 20.0. The van der Waals surface area contributed by atoms with E-state index in [0.29, 0.717) is 11.8 Å². The van der Waals surface area contributed by atoms with E-state index in [9.17, 15) is 4.79 Å². The number of aromatic nitrogens is 3. The Hall–Kier alpha value is -1.76. The molecule has 1 amide bonds. The first-order valence-corrected chi connectivity index (χ1v) is 9.66. The van der Waals surface area contributed by atoms with Crippen LogP contribution in [0.1, 0.15) is 62.6 Å². The third kappa shape index (κ3) is 2.85. The largest absolute Gasteiger partial charge is 0.418 e. The minimum atomic E-state index is -0.0612. The summed E-state index contributed by atoms with van der Waals surface area (Å²) in [5, 5.41) is 8.43. The lowest BCUT2D eigenvalue weighted by atomic mass is 9.88. The number of amides is 1. The minimum absolute atomic E-state index is 0.0612. The summed E-state index contributed by atoms with van der Waals surface area (Å²) in [7, 11) is 0. The van der Waals surface area contributed by atoms with E-state index >= 15 is 0 Å². The van der Waals surface area contributed by atoms with E-state index in [-0.39, 0.29) is 17.9 Å². The van der Waals surface area contributed by atoms with E-state index in [2.05, 4.69) is 15.2 Å². The smallest absolute Gasteiger partial charge is 0.259 e. The van der Waals surface area contributed by atoms with Gasteiger partial charge >= 0.3 is 0 Å². The Balaban J connectivity index is 1.53. The van der Waals surface area contributed by atoms with Crippen LogP contribution in [0.25, 0.3) is 10.8 Å². The van der Waals surface area contributed by atoms with Gasteiger partial charge in [-0.15, -0.1) is 21.5 Å². The Morgan fingerprint density at radius 1 is 1.21 bits per heavy atom. The molecule has 0 spiro atoms. The Bertz CT molecular complexity index is 720. The number of thiazole rings is 1. The van der Waals surface area contributed by atoms with E-state index in [1.807, 2.05) is 11.8 Å². The Kier molecular flexibility index (Phi) is 4.35. The fourth-order valence-electron chi connectivity index (χ4n) is 3.84. The second-order valence-corrected chi connectivity index (χ2v) is 7.59. The van der Waals surface area contributed by atoms with Gasteiger partial charge in [0, 0.05) is 12.5 Å². The van der Waals surface area contributed by atoms with Crippen molar-refractivity contribution in [3.63, 3.8) is 0 Å². The van der Waals surface area contributed by atoms with Crippen molar-refractivity contribution in [1.82, 2.24) is 20.1 Å². The molecule has 2 aromatic heterocycles. The van der Waals surface area contributed by atoms with Crippen LogP contribution in [-0.4, -0.2) is 32.5 Å². The zero-order chi connectivity index (χ0) is 16.5. The van der Waals surface area contributed by atoms with Crippen molar-refractivity contribution < 1.29 is 9.21 Å². The van der Waals surface area contributed by atoms with Gasteiger partial charge in [0.15, 0.2) is 0 Å². The predicted octanol–water partition coefficient (Wildman–Crippen LogP) is 3.75. The summed E-state index contributed by atoms with van der Waals surface area (Å²) >= 11 is 1.50. The monoisotopic (exact) mass is 346 g/mol. The summed E-state index contributed by atoms with van der Waals surface area (Å²) in [6.45, 7) is 2.74. The Morgan fingerprint density at radius 2 is 2.04 bits per heavy atom. The molecule has 2 fully saturated rings. The number of carbonyl (C=O) groups excluding carboxylic acids is 1. The van der Waals surface area contributed by atoms with Crippen LogP contribution in [0, 0.1) is 12.8 Å². The van der Waals surface area contributed by atoms with E-state index in [0.717, 1.165) is 42.8 Å². The molecule has 2 aromatic rings. The lowest BCUT2D eigenvalue weighted by Crippen LogP contribution is -2.36. The molecule has 0 N–H and O–H groups in total. The molecule has 1 aliphatic heterocycles. The highest BCUT2D eigenvalue weighted by atomic mass is 32.1. The van der Waals surface area contributed by atoms with Gasteiger partial charge in [0.2, 0.25) is 11.8 Å². The lowest BCUT2D eigenvalue weighted by Gasteiger charge is -2.29. The van der Waals surface area contributed by atoms with E-state index in [1.165, 1.54) is 30.6 Å². The quantitative estimate of drug-likeness (QED) is 0.846. The maximum absolute atomic E-state index is 12.9. The molecule has 3 heterocycles. The molecule has 1 saturated heterocycles. The predicted molar refractivity (Wildman–Crippen MR) is 90.4 cm³/mol. The van der Waals surface area contributed by atoms with Crippen LogP contribution in [0.15, 0.2) is 9.93 Å². The molecule has 1 atom stereocenters. The first kappa shape index (κ1) is 15.7. The van der Waals surface area contributed by atoms with Crippen LogP contribution in [0.2, 0.25) is 0 Å². The third-order valence-corrected chi connectivity index (χ3v) is 6.07. The Labute approximate surface area is 145 Å². The van der Waals surface area contributed by atoms with Crippen LogP contribution in [-0.2, 0) is 4.79 Å². The zero-order valence-corrected chi connectivity index (χ0v) is 14.7. The van der Waals surface area contributed by atoms with Crippen molar-refractivity contribution in [1.29, 1.82) is 0 Å². The summed E-state index contributed by atoms with van der Waals surface area (Å²) in [6, 6.07) is -0.0612. The van der Waals surface area contributed by atoms with E-state index in [4.69, 9.17) is 4.42 Å². The van der Waals surface area contributed by atoms with Gasteiger partial charge in [-0.25, -0.2) is 4.98 Å². The van der Waals surface area contributed by atoms with Crippen molar-refractivity contribution >= 4 is 17.2 Å². The molecule has 0 unspecified atom stereocenters. The lowest BCUT2D eigenvalue weighted by molar-refractivity contribution is -0.137. The van der Waals surface area contributed by atoms with Crippen LogP contribution in [0.4, 0.5) is 0 Å². The molecule has 2 aliphatic rings. The number of nitrogens with zero attached hydrogens (tertiary/aromatic N) is 4. The molecule has 0 bridgehead atoms. The minimum Gasteiger partial charge on any atom is -0.418 e. The number of rotatable bonds is 3. The molecular formula is C17H22N4O2S. The van der Waals surface area contributed by atoms with Gasteiger partial charge in [-0.2, -0.15) is 0 Å². The summed E-state index contributed by atoms with van der Waals surface area (Å²) in [5.74, 6) is 1.55. The molecule has 1 saturated carbocycles. The first-order chi connectivity index (χ1) is 11.7. The van der Waals surface area contributed by atoms with Gasteiger partial charge in [0.05, 0.1) is 11.2 Å². The number of aryl methyl sites for hydroxylation is 1. The van der Waals surface area contributed by atoms with Gasteiger partial charge in [-0.05, 0) is 32.6 Å². The van der Waals surface area contributed by atoms with Crippen molar-refractivity contribution in [2.75, 3.05) is 6.54 Å². The highest BCUT2D eigenvalue weighted by Crippen LogP contribution is 2.36. The molecule has 4 rings (SSSR count). The van der Waals surface area contributed by atoms with Gasteiger partial charge in [-0.1, -0.05) is 19.3 Å². The fourth-order valence-corrected chi connectivity index (χ4v) is 4.56. The molecule has 6 nitrogen and oxygen atoms in total. The highest BCUT2D eigenvalue weighted by Gasteiger charge is 2.37. The highest BCUT2D eigenvalue weighted by molar-refractivity contribution is 7.13. The fraction of sp³-hybridized carbons (Fsp3) is 0.647. The summed E-state index contributed by atoms with van der Waals surface area (Å²) < 4.78 is 5.91. The number of hydrogen-bond acceptors (Lipinski definition) is 6. The number of carbonyl (C=O) groups is 1. The van der Waals surface area contributed by atoms with Crippen LogP contribution >= 0.6 is 11.3 Å². The van der Waals surface area contributed by atoms with Gasteiger partial charge in [0.25, 0.3) is 5.89 Å². The Morgan fingerprint density at radius 3 is 2.79 bits per heavy atom. The maximum Gasteiger partial charge on any atom is 0.259 e. The van der Waals surface area contributed by atoms with Crippen molar-refractivity contribution in [2.45, 2.75) is 57.9 Å². The van der Waals surface area contributed by atoms with E-state index in [1.54, 1.807) is 5.51 Å². The van der Waals surface area contributed by atoms with Crippen molar-refractivity contribution in [2.24, 2.45) is 5.92 Å². The summed E-state index contributed by atoms with van der Waals surface area (Å²) in [6.07, 6.45) is 7.56. The van der Waals surface area contributed by atoms with Crippen molar-refractivity contribution in [3.8, 4) is 10.8 Å². The molecule has 7 heteroatoms. The van der Waals surface area contributed by atoms with Crippen molar-refractivity contribution in [3.05, 3.63) is 17.1 Å². The number of likely N-dealkylation sites (tertiary alicyclic amines) is 1. The summed E-state index contributed by atoms with van der Waals surface area (Å²) in [5.41, 5.74) is 2.68. The van der Waals surface area contributed by atoms with Crippen LogP contribution in [0.3, 0.4) is 0 Å². The molecular weight excluding hydrogens is 324 g/mol. The van der Waals surface area contributed by atoms with Crippen LogP contribution < -0.4 is 0 Å². The SMILES string of the molecule is Cc1ncsc1-c1nnc([C@@H]2CCCN2C(=O)C2CCCCC2)o1. The average molecular weight is 346 g/mol. The third-order valence-electron chi connectivity index (χ3n) is 5.16. The average Bonchev–Trinajstić information content (AvgIpc) is 3.34. The molecule has 128 valence electrons. The van der Waals surface area contributed by atoms with Gasteiger partial charge < -0.3 is 9.32 Å². The molecule has 0 radical (unpaired) electrons. The normalized spacial score (nSPS) is 22.2. The number of hydrogen-bond donors (Lipinski definition) is 0. The molecule has 24 heavy (non-hydrogen) atoms. The second-order valence-electron chi connectivity index (χ2n) is 6.74. The van der Waals surface area contributed by atoms with Gasteiger partial charge in [0.1, 0.15) is 10.9 Å².